The van der Waals surface area contributed by atoms with Crippen LogP contribution in [0.4, 0.5) is 8.78 Å². The molecule has 2 atom stereocenters. The van der Waals surface area contributed by atoms with Crippen LogP contribution in [0.1, 0.15) is 44.1 Å². The highest BCUT2D eigenvalue weighted by molar-refractivity contribution is 9.10. The summed E-state index contributed by atoms with van der Waals surface area (Å²) in [5.41, 5.74) is 0.214. The average Bonchev–Trinajstić information content (AvgIpc) is 2.48. The molecule has 1 aromatic carbocycles. The highest BCUT2D eigenvalue weighted by atomic mass is 79.9. The normalized spacial score (nSPS) is 27.4. The van der Waals surface area contributed by atoms with Crippen LogP contribution in [0.3, 0.4) is 0 Å². The van der Waals surface area contributed by atoms with Gasteiger partial charge in [-0.05, 0) is 66.2 Å². The van der Waals surface area contributed by atoms with Crippen molar-refractivity contribution in [2.75, 3.05) is 6.54 Å². The number of fused-ring (bicyclic) bond motifs is 1. The molecule has 0 amide bonds. The van der Waals surface area contributed by atoms with Crippen molar-refractivity contribution in [1.29, 1.82) is 0 Å². The number of benzene rings is 1. The van der Waals surface area contributed by atoms with Gasteiger partial charge in [0.25, 0.3) is 0 Å². The minimum atomic E-state index is -0.442. The summed E-state index contributed by atoms with van der Waals surface area (Å²) in [4.78, 5) is 2.31. The minimum absolute atomic E-state index is 0.214. The minimum Gasteiger partial charge on any atom is -0.296 e. The number of rotatable bonds is 2. The van der Waals surface area contributed by atoms with Gasteiger partial charge in [0, 0.05) is 18.2 Å². The molecule has 2 aliphatic rings. The smallest absolute Gasteiger partial charge is 0.144 e. The summed E-state index contributed by atoms with van der Waals surface area (Å²) >= 11 is 3.15. The highest BCUT2D eigenvalue weighted by Gasteiger charge is 2.33. The Balaban J connectivity index is 1.81. The van der Waals surface area contributed by atoms with E-state index in [1.54, 1.807) is 0 Å². The van der Waals surface area contributed by atoms with Gasteiger partial charge in [0.2, 0.25) is 0 Å². The number of hydrogen-bond acceptors (Lipinski definition) is 1. The number of piperidine rings is 1. The molecule has 4 heteroatoms. The summed E-state index contributed by atoms with van der Waals surface area (Å²) in [7, 11) is 0. The summed E-state index contributed by atoms with van der Waals surface area (Å²) in [6.07, 6.45) is 7.46. The molecule has 2 unspecified atom stereocenters. The molecule has 1 heterocycles. The molecule has 0 radical (unpaired) electrons. The molecule has 3 rings (SSSR count). The average molecular weight is 344 g/mol. The predicted octanol–water partition coefficient (Wildman–Crippen LogP) is 4.88. The van der Waals surface area contributed by atoms with E-state index in [2.05, 4.69) is 20.8 Å². The van der Waals surface area contributed by atoms with E-state index in [1.165, 1.54) is 44.2 Å². The van der Waals surface area contributed by atoms with Crippen LogP contribution in [0.15, 0.2) is 16.6 Å². The van der Waals surface area contributed by atoms with Crippen molar-refractivity contribution in [1.82, 2.24) is 4.90 Å². The molecule has 1 aliphatic carbocycles. The zero-order valence-corrected chi connectivity index (χ0v) is 13.1. The van der Waals surface area contributed by atoms with Crippen LogP contribution in [-0.2, 0) is 6.54 Å². The molecule has 1 aliphatic heterocycles. The largest absolute Gasteiger partial charge is 0.296 e. The summed E-state index contributed by atoms with van der Waals surface area (Å²) in [6.45, 7) is 1.37. The number of likely N-dealkylation sites (tertiary alicyclic amines) is 1. The molecular weight excluding hydrogens is 324 g/mol. The number of nitrogens with zero attached hydrogens (tertiary/aromatic N) is 1. The summed E-state index contributed by atoms with van der Waals surface area (Å²) < 4.78 is 28.4. The van der Waals surface area contributed by atoms with Crippen LogP contribution in [0.2, 0.25) is 0 Å². The van der Waals surface area contributed by atoms with Crippen molar-refractivity contribution >= 4 is 15.9 Å². The zero-order valence-electron chi connectivity index (χ0n) is 11.5. The summed E-state index contributed by atoms with van der Waals surface area (Å²) in [5.74, 6) is -0.137. The van der Waals surface area contributed by atoms with Gasteiger partial charge in [-0.1, -0.05) is 12.8 Å². The fourth-order valence-corrected chi connectivity index (χ4v) is 4.21. The van der Waals surface area contributed by atoms with Crippen molar-refractivity contribution in [3.63, 3.8) is 0 Å². The molecule has 1 saturated heterocycles. The third-order valence-electron chi connectivity index (χ3n) is 4.86. The maximum Gasteiger partial charge on any atom is 0.144 e. The van der Waals surface area contributed by atoms with Crippen LogP contribution in [0, 0.1) is 17.6 Å². The third-order valence-corrected chi connectivity index (χ3v) is 5.47. The molecule has 0 aromatic heterocycles. The lowest BCUT2D eigenvalue weighted by atomic mass is 9.78. The Morgan fingerprint density at radius 3 is 2.70 bits per heavy atom. The molecule has 110 valence electrons. The molecule has 20 heavy (non-hydrogen) atoms. The van der Waals surface area contributed by atoms with Crippen molar-refractivity contribution in [3.05, 3.63) is 33.8 Å². The van der Waals surface area contributed by atoms with Crippen LogP contribution in [-0.4, -0.2) is 17.5 Å². The van der Waals surface area contributed by atoms with E-state index in [9.17, 15) is 8.78 Å². The van der Waals surface area contributed by atoms with Crippen molar-refractivity contribution in [3.8, 4) is 0 Å². The molecule has 2 fully saturated rings. The fourth-order valence-electron chi connectivity index (χ4n) is 3.84. The topological polar surface area (TPSA) is 3.24 Å². The second-order valence-electron chi connectivity index (χ2n) is 6.05. The Labute approximate surface area is 127 Å². The molecule has 0 bridgehead atoms. The van der Waals surface area contributed by atoms with Crippen LogP contribution < -0.4 is 0 Å². The zero-order chi connectivity index (χ0) is 14.1. The van der Waals surface area contributed by atoms with Crippen molar-refractivity contribution in [2.45, 2.75) is 51.1 Å². The monoisotopic (exact) mass is 343 g/mol. The van der Waals surface area contributed by atoms with E-state index in [0.29, 0.717) is 17.1 Å². The molecule has 0 N–H and O–H groups in total. The van der Waals surface area contributed by atoms with Crippen LogP contribution in [0.5, 0.6) is 0 Å². The molecule has 0 spiro atoms. The van der Waals surface area contributed by atoms with Gasteiger partial charge < -0.3 is 0 Å². The molecule has 1 nitrogen and oxygen atoms in total. The Bertz CT molecular complexity index is 490. The predicted molar refractivity (Wildman–Crippen MR) is 79.4 cm³/mol. The maximum absolute atomic E-state index is 14.1. The molecule has 1 aromatic rings. The van der Waals surface area contributed by atoms with Gasteiger partial charge in [-0.25, -0.2) is 8.78 Å². The highest BCUT2D eigenvalue weighted by Crippen LogP contribution is 2.36. The van der Waals surface area contributed by atoms with Crippen LogP contribution in [0.25, 0.3) is 0 Å². The Kier molecular flexibility index (Phi) is 4.41. The van der Waals surface area contributed by atoms with Crippen LogP contribution >= 0.6 is 15.9 Å². The first kappa shape index (κ1) is 14.5. The van der Waals surface area contributed by atoms with Gasteiger partial charge in [-0.2, -0.15) is 0 Å². The quantitative estimate of drug-likeness (QED) is 0.691. The van der Waals surface area contributed by atoms with Gasteiger partial charge in [0.05, 0.1) is 4.47 Å². The molecule has 1 saturated carbocycles. The second-order valence-corrected chi connectivity index (χ2v) is 6.90. The first-order valence-corrected chi connectivity index (χ1v) is 8.32. The van der Waals surface area contributed by atoms with Gasteiger partial charge in [0.1, 0.15) is 11.6 Å². The van der Waals surface area contributed by atoms with E-state index < -0.39 is 11.6 Å². The fraction of sp³-hybridized carbons (Fsp3) is 0.625. The van der Waals surface area contributed by atoms with Gasteiger partial charge >= 0.3 is 0 Å². The summed E-state index contributed by atoms with van der Waals surface area (Å²) in [6, 6.07) is 3.31. The molecular formula is C16H20BrF2N. The second kappa shape index (κ2) is 6.10. The van der Waals surface area contributed by atoms with Gasteiger partial charge in [-0.15, -0.1) is 0 Å². The van der Waals surface area contributed by atoms with E-state index >= 15 is 0 Å². The van der Waals surface area contributed by atoms with E-state index in [1.807, 2.05) is 0 Å². The van der Waals surface area contributed by atoms with E-state index in [4.69, 9.17) is 0 Å². The Morgan fingerprint density at radius 2 is 1.85 bits per heavy atom. The van der Waals surface area contributed by atoms with Crippen molar-refractivity contribution < 1.29 is 8.78 Å². The van der Waals surface area contributed by atoms with Gasteiger partial charge in [-0.3, -0.25) is 4.90 Å². The van der Waals surface area contributed by atoms with E-state index in [0.717, 1.165) is 18.9 Å². The lowest BCUT2D eigenvalue weighted by Gasteiger charge is -2.44. The lowest BCUT2D eigenvalue weighted by molar-refractivity contribution is 0.0529. The number of hydrogen-bond donors (Lipinski definition) is 0. The Morgan fingerprint density at radius 1 is 1.10 bits per heavy atom. The van der Waals surface area contributed by atoms with Crippen molar-refractivity contribution in [2.24, 2.45) is 5.92 Å². The maximum atomic E-state index is 14.1. The lowest BCUT2D eigenvalue weighted by Crippen LogP contribution is -2.46. The standard InChI is InChI=1S/C16H20BrF2N/c17-13-7-8-14(18)12(16(13)19)10-20-9-3-5-11-4-1-2-6-15(11)20/h7-8,11,15H,1-6,9-10H2. The summed E-state index contributed by atoms with van der Waals surface area (Å²) in [5, 5.41) is 0. The number of halogens is 3. The SMILES string of the molecule is Fc1ccc(Br)c(F)c1CN1CCCC2CCCCC21. The van der Waals surface area contributed by atoms with Gasteiger partial charge in [0.15, 0.2) is 0 Å². The first-order chi connectivity index (χ1) is 9.66. The Hall–Kier alpha value is -0.480. The third kappa shape index (κ3) is 2.77. The first-order valence-electron chi connectivity index (χ1n) is 7.53. The van der Waals surface area contributed by atoms with E-state index in [-0.39, 0.29) is 5.56 Å².